The minimum atomic E-state index is 1.19. The van der Waals surface area contributed by atoms with Gasteiger partial charge in [-0.25, -0.2) is 0 Å². The topological polar surface area (TPSA) is 0 Å². The molecule has 0 saturated heterocycles. The van der Waals surface area contributed by atoms with E-state index in [1.807, 2.05) is 0 Å². The Hall–Kier alpha value is -2.08. The van der Waals surface area contributed by atoms with E-state index in [2.05, 4.69) is 61.5 Å². The summed E-state index contributed by atoms with van der Waals surface area (Å²) in [5, 5.41) is 8.26. The van der Waals surface area contributed by atoms with E-state index in [1.165, 1.54) is 70.0 Å². The lowest BCUT2D eigenvalue weighted by Gasteiger charge is -2.13. The number of rotatable bonds is 5. The van der Waals surface area contributed by atoms with Gasteiger partial charge < -0.3 is 0 Å². The van der Waals surface area contributed by atoms with Gasteiger partial charge in [-0.1, -0.05) is 62.6 Å². The molecule has 0 spiro atoms. The van der Waals surface area contributed by atoms with Crippen LogP contribution in [-0.4, -0.2) is 0 Å². The summed E-state index contributed by atoms with van der Waals surface area (Å²) < 4.78 is 0. The van der Waals surface area contributed by atoms with Crippen LogP contribution in [0.15, 0.2) is 48.5 Å². The highest BCUT2D eigenvalue weighted by Gasteiger charge is 2.10. The molecule has 0 N–H and O–H groups in total. The third-order valence-electron chi connectivity index (χ3n) is 4.84. The molecule has 0 heteroatoms. The number of hydrogen-bond donors (Lipinski definition) is 0. The Morgan fingerprint density at radius 2 is 1.45 bits per heavy atom. The summed E-state index contributed by atoms with van der Waals surface area (Å²) in [4.78, 5) is 0. The van der Waals surface area contributed by atoms with E-state index in [0.29, 0.717) is 0 Å². The largest absolute Gasteiger partial charge is 0.0654 e. The van der Waals surface area contributed by atoms with Crippen LogP contribution < -0.4 is 0 Å². The first kappa shape index (κ1) is 13.6. The van der Waals surface area contributed by atoms with E-state index >= 15 is 0 Å². The summed E-state index contributed by atoms with van der Waals surface area (Å²) in [5.41, 5.74) is 1.51. The van der Waals surface area contributed by atoms with Crippen LogP contribution in [0.5, 0.6) is 0 Å². The van der Waals surface area contributed by atoms with Crippen molar-refractivity contribution in [1.29, 1.82) is 0 Å². The van der Waals surface area contributed by atoms with Gasteiger partial charge in [-0.15, -0.1) is 0 Å². The Bertz CT molecular complexity index is 901. The Morgan fingerprint density at radius 3 is 2.27 bits per heavy atom. The molecule has 0 amide bonds. The molecule has 0 fully saturated rings. The number of aryl methyl sites for hydroxylation is 1. The van der Waals surface area contributed by atoms with E-state index in [9.17, 15) is 0 Å². The molecule has 0 nitrogen and oxygen atoms in total. The molecule has 0 aliphatic carbocycles. The molecule has 0 aliphatic rings. The molecule has 0 aromatic heterocycles. The smallest absolute Gasteiger partial charge is 0.00240 e. The van der Waals surface area contributed by atoms with Gasteiger partial charge in [-0.3, -0.25) is 0 Å². The van der Waals surface area contributed by atoms with Gasteiger partial charge in [0.25, 0.3) is 0 Å². The predicted octanol–water partition coefficient (Wildman–Crippen LogP) is 6.51. The zero-order chi connectivity index (χ0) is 14.9. The highest BCUT2D eigenvalue weighted by molar-refractivity contribution is 6.23. The molecular formula is C22H21. The molecule has 0 saturated carbocycles. The summed E-state index contributed by atoms with van der Waals surface area (Å²) in [6.45, 7) is 2.27. The van der Waals surface area contributed by atoms with Crippen molar-refractivity contribution in [2.24, 2.45) is 0 Å². The van der Waals surface area contributed by atoms with E-state index < -0.39 is 0 Å². The van der Waals surface area contributed by atoms with Gasteiger partial charge in [0.15, 0.2) is 0 Å². The third kappa shape index (κ3) is 2.14. The molecule has 4 aromatic rings. The van der Waals surface area contributed by atoms with Crippen LogP contribution in [0.1, 0.15) is 38.2 Å². The molecule has 109 valence electrons. The summed E-state index contributed by atoms with van der Waals surface area (Å²) >= 11 is 0. The van der Waals surface area contributed by atoms with Gasteiger partial charge in [-0.2, -0.15) is 0 Å². The van der Waals surface area contributed by atoms with Gasteiger partial charge >= 0.3 is 0 Å². The molecule has 0 unspecified atom stereocenters. The molecule has 22 heavy (non-hydrogen) atoms. The van der Waals surface area contributed by atoms with E-state index in [-0.39, 0.29) is 0 Å². The van der Waals surface area contributed by atoms with Gasteiger partial charge in [0, 0.05) is 0 Å². The lowest BCUT2D eigenvalue weighted by Crippen LogP contribution is -1.91. The fourth-order valence-corrected chi connectivity index (χ4v) is 3.68. The van der Waals surface area contributed by atoms with Gasteiger partial charge in [0.05, 0.1) is 0 Å². The van der Waals surface area contributed by atoms with E-state index in [4.69, 9.17) is 0 Å². The van der Waals surface area contributed by atoms with Crippen LogP contribution in [0.2, 0.25) is 0 Å². The molecule has 4 aromatic carbocycles. The molecular weight excluding hydrogens is 264 g/mol. The van der Waals surface area contributed by atoms with Crippen LogP contribution in [0.4, 0.5) is 0 Å². The average Bonchev–Trinajstić information content (AvgIpc) is 2.57. The first-order valence-electron chi connectivity index (χ1n) is 8.45. The summed E-state index contributed by atoms with van der Waals surface area (Å²) in [6.07, 6.45) is 6.48. The zero-order valence-electron chi connectivity index (χ0n) is 13.2. The second-order valence-corrected chi connectivity index (χ2v) is 6.32. The predicted molar refractivity (Wildman–Crippen MR) is 96.8 cm³/mol. The van der Waals surface area contributed by atoms with Crippen molar-refractivity contribution in [3.05, 3.63) is 60.2 Å². The van der Waals surface area contributed by atoms with Crippen molar-refractivity contribution in [2.75, 3.05) is 0 Å². The molecule has 4 rings (SSSR count). The second-order valence-electron chi connectivity index (χ2n) is 6.32. The quantitative estimate of drug-likeness (QED) is 0.290. The minimum Gasteiger partial charge on any atom is -0.0654 e. The summed E-state index contributed by atoms with van der Waals surface area (Å²) in [6, 6.07) is 21.2. The van der Waals surface area contributed by atoms with Crippen LogP contribution in [0.3, 0.4) is 0 Å². The van der Waals surface area contributed by atoms with Crippen molar-refractivity contribution in [2.45, 2.75) is 39.0 Å². The molecule has 0 bridgehead atoms. The highest BCUT2D eigenvalue weighted by atomic mass is 14.1. The number of hydrogen-bond acceptors (Lipinski definition) is 0. The van der Waals surface area contributed by atoms with Gasteiger partial charge in [0.2, 0.25) is 0 Å². The van der Waals surface area contributed by atoms with E-state index in [1.54, 1.807) is 0 Å². The zero-order valence-corrected chi connectivity index (χ0v) is 13.2. The normalized spacial score (nSPS) is 11.9. The standard InChI is InChI=1S/C22H21/c1-2-3-4-5-7-16-10-11-19-13-12-17-8-6-9-18-14-15-20(16)22(19)21(17)18/h8-15H,2-5,7H2,1H3. The second kappa shape index (κ2) is 5.61. The van der Waals surface area contributed by atoms with Gasteiger partial charge in [-0.05, 0) is 68.9 Å². The summed E-state index contributed by atoms with van der Waals surface area (Å²) in [5.74, 6) is 0. The maximum atomic E-state index is 3.26. The maximum absolute atomic E-state index is 3.26. The van der Waals surface area contributed by atoms with Crippen molar-refractivity contribution >= 4 is 32.3 Å². The number of benzene rings is 4. The van der Waals surface area contributed by atoms with E-state index in [0.717, 1.165) is 0 Å². The lowest BCUT2D eigenvalue weighted by atomic mass is 9.90. The van der Waals surface area contributed by atoms with Crippen molar-refractivity contribution < 1.29 is 0 Å². The van der Waals surface area contributed by atoms with Crippen LogP contribution in [-0.2, 0) is 6.42 Å². The fraction of sp³-hybridized carbons (Fsp3) is 0.273. The Kier molecular flexibility index (Phi) is 3.46. The first-order chi connectivity index (χ1) is 10.9. The van der Waals surface area contributed by atoms with Crippen molar-refractivity contribution in [3.63, 3.8) is 0 Å². The average molecular weight is 285 g/mol. The van der Waals surface area contributed by atoms with Crippen molar-refractivity contribution in [1.82, 2.24) is 0 Å². The monoisotopic (exact) mass is 285 g/mol. The molecule has 0 heterocycles. The Balaban J connectivity index is 1.89. The van der Waals surface area contributed by atoms with Crippen LogP contribution in [0, 0.1) is 6.07 Å². The lowest BCUT2D eigenvalue weighted by molar-refractivity contribution is 0.668. The Morgan fingerprint density at radius 1 is 0.727 bits per heavy atom. The minimum absolute atomic E-state index is 1.19. The maximum Gasteiger partial charge on any atom is -0.00240 e. The van der Waals surface area contributed by atoms with Gasteiger partial charge in [0.1, 0.15) is 0 Å². The SMILES string of the molecule is CCCCCCc1ccc2ccc3c[c]cc4ccc1c2c34. The van der Waals surface area contributed by atoms with Crippen molar-refractivity contribution in [3.8, 4) is 0 Å². The molecule has 0 atom stereocenters. The van der Waals surface area contributed by atoms with Crippen LogP contribution >= 0.6 is 0 Å². The summed E-state index contributed by atoms with van der Waals surface area (Å²) in [7, 11) is 0. The van der Waals surface area contributed by atoms with Crippen LogP contribution in [0.25, 0.3) is 32.3 Å². The third-order valence-corrected chi connectivity index (χ3v) is 4.84. The highest BCUT2D eigenvalue weighted by Crippen LogP contribution is 2.36. The number of unbranched alkanes of at least 4 members (excludes halogenated alkanes) is 3. The Labute approximate surface area is 132 Å². The fourth-order valence-electron chi connectivity index (χ4n) is 3.68. The first-order valence-corrected chi connectivity index (χ1v) is 8.45. The molecule has 0 aliphatic heterocycles. The molecule has 1 radical (unpaired) electrons.